The van der Waals surface area contributed by atoms with Crippen molar-refractivity contribution in [2.24, 2.45) is 5.92 Å². The van der Waals surface area contributed by atoms with Crippen LogP contribution in [-0.2, 0) is 0 Å². The Morgan fingerprint density at radius 3 is 2.85 bits per heavy atom. The van der Waals surface area contributed by atoms with E-state index < -0.39 is 5.97 Å². The predicted octanol–water partition coefficient (Wildman–Crippen LogP) is 1.28. The number of hydrogen-bond donors (Lipinski definition) is 1. The Hall–Kier alpha value is -1.39. The maximum atomic E-state index is 10.4. The molecule has 1 atom stereocenters. The first kappa shape index (κ1) is 8.22. The first-order valence-electron chi connectivity index (χ1n) is 4.25. The van der Waals surface area contributed by atoms with E-state index in [2.05, 4.69) is 10.1 Å². The van der Waals surface area contributed by atoms with Crippen LogP contribution in [0.4, 0.5) is 0 Å². The van der Waals surface area contributed by atoms with Crippen LogP contribution in [0.5, 0.6) is 0 Å². The highest BCUT2D eigenvalue weighted by Gasteiger charge is 2.32. The molecule has 5 nitrogen and oxygen atoms in total. The SMILES string of the molecule is CC(c1nc(C(=O)O)no1)C1CC1. The lowest BCUT2D eigenvalue weighted by Crippen LogP contribution is -2.00. The average Bonchev–Trinajstić information content (AvgIpc) is 2.81. The molecule has 0 aromatic carbocycles. The van der Waals surface area contributed by atoms with Gasteiger partial charge in [-0.2, -0.15) is 4.98 Å². The zero-order valence-electron chi connectivity index (χ0n) is 7.23. The Kier molecular flexibility index (Phi) is 1.79. The van der Waals surface area contributed by atoms with E-state index in [9.17, 15) is 4.79 Å². The minimum atomic E-state index is -1.14. The standard InChI is InChI=1S/C8H10N2O3/c1-4(5-2-3-5)7-9-6(8(11)12)10-13-7/h4-5H,2-3H2,1H3,(H,11,12). The van der Waals surface area contributed by atoms with Crippen LogP contribution in [0, 0.1) is 5.92 Å². The van der Waals surface area contributed by atoms with Gasteiger partial charge in [-0.15, -0.1) is 0 Å². The third-order valence-electron chi connectivity index (χ3n) is 2.35. The van der Waals surface area contributed by atoms with Gasteiger partial charge in [0.15, 0.2) is 0 Å². The van der Waals surface area contributed by atoms with Crippen molar-refractivity contribution in [2.45, 2.75) is 25.7 Å². The summed E-state index contributed by atoms with van der Waals surface area (Å²) in [6.45, 7) is 1.98. The van der Waals surface area contributed by atoms with Gasteiger partial charge in [-0.1, -0.05) is 6.92 Å². The smallest absolute Gasteiger partial charge is 0.377 e. The lowest BCUT2D eigenvalue weighted by atomic mass is 10.1. The van der Waals surface area contributed by atoms with Crippen LogP contribution < -0.4 is 0 Å². The lowest BCUT2D eigenvalue weighted by Gasteiger charge is -2.00. The number of rotatable bonds is 3. The normalized spacial score (nSPS) is 18.5. The highest BCUT2D eigenvalue weighted by Crippen LogP contribution is 2.41. The zero-order valence-corrected chi connectivity index (χ0v) is 7.23. The highest BCUT2D eigenvalue weighted by molar-refractivity contribution is 5.82. The van der Waals surface area contributed by atoms with Crippen LogP contribution in [0.1, 0.15) is 42.2 Å². The van der Waals surface area contributed by atoms with E-state index in [0.29, 0.717) is 11.8 Å². The molecule has 1 heterocycles. The van der Waals surface area contributed by atoms with E-state index >= 15 is 0 Å². The molecule has 13 heavy (non-hydrogen) atoms. The van der Waals surface area contributed by atoms with Crippen LogP contribution in [0.25, 0.3) is 0 Å². The molecule has 1 fully saturated rings. The van der Waals surface area contributed by atoms with E-state index in [-0.39, 0.29) is 11.7 Å². The molecule has 0 bridgehead atoms. The minimum absolute atomic E-state index is 0.195. The van der Waals surface area contributed by atoms with Crippen molar-refractivity contribution in [1.82, 2.24) is 10.1 Å². The summed E-state index contributed by atoms with van der Waals surface area (Å²) >= 11 is 0. The summed E-state index contributed by atoms with van der Waals surface area (Å²) in [5.41, 5.74) is 0. The molecule has 1 N–H and O–H groups in total. The van der Waals surface area contributed by atoms with E-state index in [1.165, 1.54) is 12.8 Å². The van der Waals surface area contributed by atoms with Gasteiger partial charge in [0.1, 0.15) is 0 Å². The van der Waals surface area contributed by atoms with Crippen molar-refractivity contribution in [1.29, 1.82) is 0 Å². The highest BCUT2D eigenvalue weighted by atomic mass is 16.5. The average molecular weight is 182 g/mol. The molecule has 0 aliphatic heterocycles. The molecule has 1 saturated carbocycles. The Bertz CT molecular complexity index is 330. The van der Waals surface area contributed by atoms with Crippen molar-refractivity contribution >= 4 is 5.97 Å². The van der Waals surface area contributed by atoms with E-state index in [1.807, 2.05) is 6.92 Å². The first-order chi connectivity index (χ1) is 6.18. The fourth-order valence-corrected chi connectivity index (χ4v) is 1.30. The number of carbonyl (C=O) groups is 1. The maximum absolute atomic E-state index is 10.4. The van der Waals surface area contributed by atoms with Crippen LogP contribution in [0.2, 0.25) is 0 Å². The van der Waals surface area contributed by atoms with Crippen molar-refractivity contribution in [3.8, 4) is 0 Å². The summed E-state index contributed by atoms with van der Waals surface area (Å²) in [4.78, 5) is 14.2. The molecule has 0 saturated heterocycles. The second kappa shape index (κ2) is 2.83. The van der Waals surface area contributed by atoms with Gasteiger partial charge >= 0.3 is 5.97 Å². The van der Waals surface area contributed by atoms with E-state index in [4.69, 9.17) is 9.63 Å². The number of nitrogens with zero attached hydrogens (tertiary/aromatic N) is 2. The van der Waals surface area contributed by atoms with Gasteiger partial charge < -0.3 is 9.63 Å². The van der Waals surface area contributed by atoms with Crippen LogP contribution in [-0.4, -0.2) is 21.2 Å². The van der Waals surface area contributed by atoms with Crippen molar-refractivity contribution in [2.75, 3.05) is 0 Å². The Balaban J connectivity index is 2.16. The van der Waals surface area contributed by atoms with Gasteiger partial charge in [-0.05, 0) is 23.9 Å². The van der Waals surface area contributed by atoms with Gasteiger partial charge in [-0.3, -0.25) is 0 Å². The molecule has 1 aromatic rings. The zero-order chi connectivity index (χ0) is 9.42. The summed E-state index contributed by atoms with van der Waals surface area (Å²) < 4.78 is 4.85. The Morgan fingerprint density at radius 1 is 1.69 bits per heavy atom. The van der Waals surface area contributed by atoms with Crippen LogP contribution >= 0.6 is 0 Å². The third kappa shape index (κ3) is 1.54. The fraction of sp³-hybridized carbons (Fsp3) is 0.625. The van der Waals surface area contributed by atoms with Crippen molar-refractivity contribution in [3.05, 3.63) is 11.7 Å². The molecular formula is C8H10N2O3. The number of carboxylic acids is 1. The second-order valence-corrected chi connectivity index (χ2v) is 3.39. The topological polar surface area (TPSA) is 76.2 Å². The van der Waals surface area contributed by atoms with Crippen molar-refractivity contribution in [3.63, 3.8) is 0 Å². The first-order valence-corrected chi connectivity index (χ1v) is 4.25. The molecule has 0 radical (unpaired) electrons. The molecule has 0 amide bonds. The molecule has 0 spiro atoms. The number of hydrogen-bond acceptors (Lipinski definition) is 4. The van der Waals surface area contributed by atoms with Gasteiger partial charge in [-0.25, -0.2) is 4.79 Å². The molecule has 2 rings (SSSR count). The third-order valence-corrected chi connectivity index (χ3v) is 2.35. The minimum Gasteiger partial charge on any atom is -0.475 e. The molecular weight excluding hydrogens is 172 g/mol. The van der Waals surface area contributed by atoms with Gasteiger partial charge in [0.2, 0.25) is 5.89 Å². The molecule has 1 unspecified atom stereocenters. The summed E-state index contributed by atoms with van der Waals surface area (Å²) in [5.74, 6) is -0.150. The quantitative estimate of drug-likeness (QED) is 0.761. The molecule has 1 aliphatic carbocycles. The number of aromatic nitrogens is 2. The predicted molar refractivity (Wildman–Crippen MR) is 42.4 cm³/mol. The molecule has 70 valence electrons. The monoisotopic (exact) mass is 182 g/mol. The number of carboxylic acid groups (broad SMARTS) is 1. The summed E-state index contributed by atoms with van der Waals surface area (Å²) in [5, 5.41) is 11.9. The van der Waals surface area contributed by atoms with E-state index in [1.54, 1.807) is 0 Å². The van der Waals surface area contributed by atoms with Crippen molar-refractivity contribution < 1.29 is 14.4 Å². The number of aromatic carboxylic acids is 1. The Morgan fingerprint density at radius 2 is 2.38 bits per heavy atom. The van der Waals surface area contributed by atoms with Crippen LogP contribution in [0.3, 0.4) is 0 Å². The largest absolute Gasteiger partial charge is 0.475 e. The summed E-state index contributed by atoms with van der Waals surface area (Å²) in [6, 6.07) is 0. The van der Waals surface area contributed by atoms with Gasteiger partial charge in [0.05, 0.1) is 0 Å². The van der Waals surface area contributed by atoms with E-state index in [0.717, 1.165) is 0 Å². The molecule has 5 heteroatoms. The molecule has 1 aromatic heterocycles. The summed E-state index contributed by atoms with van der Waals surface area (Å²) in [6.07, 6.45) is 2.35. The van der Waals surface area contributed by atoms with Gasteiger partial charge in [0.25, 0.3) is 5.82 Å². The van der Waals surface area contributed by atoms with Crippen LogP contribution in [0.15, 0.2) is 4.52 Å². The summed E-state index contributed by atoms with van der Waals surface area (Å²) in [7, 11) is 0. The second-order valence-electron chi connectivity index (χ2n) is 3.39. The Labute approximate surface area is 74.8 Å². The molecule has 1 aliphatic rings. The fourth-order valence-electron chi connectivity index (χ4n) is 1.30. The van der Waals surface area contributed by atoms with Gasteiger partial charge in [0, 0.05) is 5.92 Å². The lowest BCUT2D eigenvalue weighted by molar-refractivity contribution is 0.0680. The maximum Gasteiger partial charge on any atom is 0.377 e.